The molecular formula is C48H89NO5S. The second-order valence-electron chi connectivity index (χ2n) is 16.0. The summed E-state index contributed by atoms with van der Waals surface area (Å²) in [6.07, 6.45) is 56.8. The maximum Gasteiger partial charge on any atom is 0.267 e. The van der Waals surface area contributed by atoms with Gasteiger partial charge in [0.05, 0.1) is 17.9 Å². The molecule has 6 nitrogen and oxygen atoms in total. The van der Waals surface area contributed by atoms with Crippen LogP contribution in [0, 0.1) is 0 Å². The number of allylic oxidation sites excluding steroid dienone is 7. The monoisotopic (exact) mass is 792 g/mol. The van der Waals surface area contributed by atoms with Crippen LogP contribution < -0.4 is 5.32 Å². The number of nitrogens with one attached hydrogen (secondary N) is 1. The Morgan fingerprint density at radius 1 is 0.491 bits per heavy atom. The highest BCUT2D eigenvalue weighted by Gasteiger charge is 2.24. The first-order chi connectivity index (χ1) is 26.8. The maximum atomic E-state index is 12.6. The molecule has 2 atom stereocenters. The lowest BCUT2D eigenvalue weighted by molar-refractivity contribution is -0.122. The van der Waals surface area contributed by atoms with Crippen molar-refractivity contribution >= 4 is 16.0 Å². The zero-order chi connectivity index (χ0) is 40.3. The van der Waals surface area contributed by atoms with Crippen molar-refractivity contribution in [3.05, 3.63) is 48.6 Å². The number of amides is 1. The Morgan fingerprint density at radius 3 is 1.25 bits per heavy atom. The molecule has 0 aromatic rings. The van der Waals surface area contributed by atoms with Gasteiger partial charge in [-0.15, -0.1) is 0 Å². The fourth-order valence-electron chi connectivity index (χ4n) is 6.97. The Hall–Kier alpha value is -1.70. The summed E-state index contributed by atoms with van der Waals surface area (Å²) >= 11 is 0. The van der Waals surface area contributed by atoms with Crippen molar-refractivity contribution in [1.82, 2.24) is 5.32 Å². The summed E-state index contributed by atoms with van der Waals surface area (Å²) in [5, 5.41) is 13.2. The molecule has 1 amide bonds. The number of aliphatic hydroxyl groups is 1. The third-order valence-electron chi connectivity index (χ3n) is 10.5. The van der Waals surface area contributed by atoms with Crippen LogP contribution in [0.2, 0.25) is 0 Å². The zero-order valence-corrected chi connectivity index (χ0v) is 36.9. The minimum atomic E-state index is -4.36. The second kappa shape index (κ2) is 41.9. The number of carbonyl (C=O) groups excluding carboxylic acids is 1. The van der Waals surface area contributed by atoms with E-state index >= 15 is 0 Å². The van der Waals surface area contributed by atoms with E-state index in [4.69, 9.17) is 0 Å². The number of unbranched alkanes of at least 4 members (excludes halogenated alkanes) is 28. The van der Waals surface area contributed by atoms with Crippen molar-refractivity contribution in [2.45, 2.75) is 244 Å². The first-order valence-electron chi connectivity index (χ1n) is 23.3. The van der Waals surface area contributed by atoms with Crippen LogP contribution in [0.3, 0.4) is 0 Å². The Morgan fingerprint density at radius 2 is 0.836 bits per heavy atom. The standard InChI is InChI=1S/C48H89NO5S/c1-3-5-7-9-11-13-15-17-19-21-22-23-24-25-26-28-30-32-34-36-38-40-42-44-48(51)49-46(45-55(52,53)54)47(50)43-41-39-37-35-33-31-29-27-20-18-16-14-12-10-8-6-4-2/h15,17,21-22,33,35,41,43,46-47,50H,3-14,16,18-20,23-32,34,36-40,42,44-45H2,1-2H3,(H,49,51)(H,52,53,54)/b17-15-,22-21-,35-33+,43-41+. The van der Waals surface area contributed by atoms with Crippen molar-refractivity contribution in [3.63, 3.8) is 0 Å². The number of carbonyl (C=O) groups is 1. The molecule has 0 radical (unpaired) electrons. The summed E-state index contributed by atoms with van der Waals surface area (Å²) in [6.45, 7) is 4.53. The Bertz CT molecular complexity index is 1050. The molecule has 7 heteroatoms. The second-order valence-corrected chi connectivity index (χ2v) is 17.5. The van der Waals surface area contributed by atoms with E-state index in [-0.39, 0.29) is 12.3 Å². The average Bonchev–Trinajstić information content (AvgIpc) is 3.15. The minimum absolute atomic E-state index is 0.285. The van der Waals surface area contributed by atoms with Crippen molar-refractivity contribution < 1.29 is 22.9 Å². The van der Waals surface area contributed by atoms with E-state index in [1.54, 1.807) is 0 Å². The van der Waals surface area contributed by atoms with Gasteiger partial charge in [-0.25, -0.2) is 0 Å². The SMILES string of the molecule is CCCCCCC/C=C\C/C=C\CCCCCCCCCCCCCC(=O)NC(CS(=O)(=O)O)C(O)/C=C/CC/C=C/CCCCCCCCCCCCC. The summed E-state index contributed by atoms with van der Waals surface area (Å²) in [7, 11) is -4.36. The van der Waals surface area contributed by atoms with Crippen molar-refractivity contribution in [1.29, 1.82) is 0 Å². The number of hydrogen-bond donors (Lipinski definition) is 3. The fraction of sp³-hybridized carbons (Fsp3) is 0.812. The van der Waals surface area contributed by atoms with Gasteiger partial charge in [-0.2, -0.15) is 8.42 Å². The zero-order valence-electron chi connectivity index (χ0n) is 36.0. The number of rotatable bonds is 42. The molecule has 0 aromatic heterocycles. The summed E-state index contributed by atoms with van der Waals surface area (Å²) in [4.78, 5) is 12.6. The molecule has 0 saturated heterocycles. The van der Waals surface area contributed by atoms with E-state index in [1.807, 2.05) is 6.08 Å². The smallest absolute Gasteiger partial charge is 0.267 e. The van der Waals surface area contributed by atoms with E-state index in [2.05, 4.69) is 55.6 Å². The van der Waals surface area contributed by atoms with E-state index in [0.29, 0.717) is 6.42 Å². The lowest BCUT2D eigenvalue weighted by atomic mass is 10.0. The van der Waals surface area contributed by atoms with Gasteiger partial charge in [-0.1, -0.05) is 210 Å². The van der Waals surface area contributed by atoms with Crippen LogP contribution >= 0.6 is 0 Å². The molecule has 0 bridgehead atoms. The molecule has 0 aliphatic carbocycles. The van der Waals surface area contributed by atoms with E-state index in [0.717, 1.165) is 38.5 Å². The van der Waals surface area contributed by atoms with Crippen LogP contribution in [0.5, 0.6) is 0 Å². The van der Waals surface area contributed by atoms with Gasteiger partial charge in [-0.3, -0.25) is 9.35 Å². The lowest BCUT2D eigenvalue weighted by Gasteiger charge is -2.21. The average molecular weight is 792 g/mol. The minimum Gasteiger partial charge on any atom is -0.387 e. The maximum absolute atomic E-state index is 12.6. The molecule has 0 fully saturated rings. The molecule has 55 heavy (non-hydrogen) atoms. The topological polar surface area (TPSA) is 104 Å². The van der Waals surface area contributed by atoms with Crippen molar-refractivity contribution in [2.75, 3.05) is 5.75 Å². The highest BCUT2D eigenvalue weighted by Crippen LogP contribution is 2.15. The summed E-state index contributed by atoms with van der Waals surface area (Å²) < 4.78 is 32.6. The van der Waals surface area contributed by atoms with E-state index in [1.165, 1.54) is 173 Å². The van der Waals surface area contributed by atoms with Gasteiger partial charge in [0.1, 0.15) is 0 Å². The normalized spacial score (nSPS) is 13.6. The van der Waals surface area contributed by atoms with E-state index in [9.17, 15) is 22.9 Å². The largest absolute Gasteiger partial charge is 0.387 e. The highest BCUT2D eigenvalue weighted by molar-refractivity contribution is 7.85. The first kappa shape index (κ1) is 53.3. The Balaban J connectivity index is 3.87. The first-order valence-corrected chi connectivity index (χ1v) is 24.9. The van der Waals surface area contributed by atoms with Gasteiger partial charge in [-0.05, 0) is 64.2 Å². The molecule has 322 valence electrons. The quantitative estimate of drug-likeness (QED) is 0.0324. The van der Waals surface area contributed by atoms with Crippen LogP contribution in [-0.4, -0.2) is 41.9 Å². The van der Waals surface area contributed by atoms with E-state index < -0.39 is 28.0 Å². The van der Waals surface area contributed by atoms with Crippen LogP contribution in [-0.2, 0) is 14.9 Å². The highest BCUT2D eigenvalue weighted by atomic mass is 32.2. The van der Waals surface area contributed by atoms with Crippen LogP contribution in [0.4, 0.5) is 0 Å². The van der Waals surface area contributed by atoms with Gasteiger partial charge in [0, 0.05) is 6.42 Å². The molecule has 0 heterocycles. The predicted molar refractivity (Wildman–Crippen MR) is 239 cm³/mol. The van der Waals surface area contributed by atoms with Gasteiger partial charge >= 0.3 is 0 Å². The summed E-state index contributed by atoms with van der Waals surface area (Å²) in [6, 6.07) is -1.08. The third-order valence-corrected chi connectivity index (χ3v) is 11.3. The van der Waals surface area contributed by atoms with Crippen LogP contribution in [0.1, 0.15) is 232 Å². The fourth-order valence-corrected chi connectivity index (χ4v) is 7.70. The number of aliphatic hydroxyl groups excluding tert-OH is 1. The van der Waals surface area contributed by atoms with Crippen molar-refractivity contribution in [2.24, 2.45) is 0 Å². The van der Waals surface area contributed by atoms with Crippen LogP contribution in [0.15, 0.2) is 48.6 Å². The molecule has 0 saturated carbocycles. The molecule has 0 aliphatic heterocycles. The molecule has 0 spiro atoms. The molecule has 0 aliphatic rings. The van der Waals surface area contributed by atoms with Crippen molar-refractivity contribution in [3.8, 4) is 0 Å². The molecule has 3 N–H and O–H groups in total. The van der Waals surface area contributed by atoms with Gasteiger partial charge in [0.25, 0.3) is 10.1 Å². The predicted octanol–water partition coefficient (Wildman–Crippen LogP) is 14.2. The summed E-state index contributed by atoms with van der Waals surface area (Å²) in [5.41, 5.74) is 0. The molecule has 0 rings (SSSR count). The third kappa shape index (κ3) is 43.3. The summed E-state index contributed by atoms with van der Waals surface area (Å²) in [5.74, 6) is -1.00. The van der Waals surface area contributed by atoms with Crippen LogP contribution in [0.25, 0.3) is 0 Å². The molecule has 2 unspecified atom stereocenters. The number of hydrogen-bond acceptors (Lipinski definition) is 4. The van der Waals surface area contributed by atoms with Gasteiger partial charge in [0.15, 0.2) is 0 Å². The molecular weight excluding hydrogens is 703 g/mol. The Labute approximate surface area is 341 Å². The van der Waals surface area contributed by atoms with Gasteiger partial charge in [0.2, 0.25) is 5.91 Å². The van der Waals surface area contributed by atoms with Gasteiger partial charge < -0.3 is 10.4 Å². The Kier molecular flexibility index (Phi) is 40.6. The molecule has 0 aromatic carbocycles. The lowest BCUT2D eigenvalue weighted by Crippen LogP contribution is -2.46.